The number of hydrogen-bond acceptors (Lipinski definition) is 5. The van der Waals surface area contributed by atoms with Crippen LogP contribution in [0.3, 0.4) is 0 Å². The van der Waals surface area contributed by atoms with Crippen molar-refractivity contribution in [2.45, 2.75) is 45.1 Å². The van der Waals surface area contributed by atoms with Crippen molar-refractivity contribution in [3.63, 3.8) is 0 Å². The predicted molar refractivity (Wildman–Crippen MR) is 85.9 cm³/mol. The molecule has 1 aromatic rings. The van der Waals surface area contributed by atoms with Crippen molar-refractivity contribution in [2.75, 3.05) is 19.8 Å². The van der Waals surface area contributed by atoms with Crippen molar-refractivity contribution < 1.29 is 19.4 Å². The van der Waals surface area contributed by atoms with Gasteiger partial charge in [0.05, 0.1) is 23.2 Å². The van der Waals surface area contributed by atoms with Crippen LogP contribution in [0.4, 0.5) is 0 Å². The van der Waals surface area contributed by atoms with Gasteiger partial charge in [0.25, 0.3) is 5.91 Å². The Labute approximate surface area is 139 Å². The van der Waals surface area contributed by atoms with E-state index in [0.717, 1.165) is 36.6 Å². The van der Waals surface area contributed by atoms with Gasteiger partial charge in [-0.15, -0.1) is 11.3 Å². The fourth-order valence-electron chi connectivity index (χ4n) is 2.81. The largest absolute Gasteiger partial charge is 0.481 e. The number of carbonyl (C=O) groups is 2. The summed E-state index contributed by atoms with van der Waals surface area (Å²) in [6, 6.07) is 0.184. The zero-order valence-corrected chi connectivity index (χ0v) is 14.3. The number of carboxylic acid groups (broad SMARTS) is 1. The van der Waals surface area contributed by atoms with E-state index in [0.29, 0.717) is 11.5 Å². The van der Waals surface area contributed by atoms with Gasteiger partial charge < -0.3 is 14.7 Å². The summed E-state index contributed by atoms with van der Waals surface area (Å²) in [5.74, 6) is -1.21. The number of aromatic nitrogens is 1. The fraction of sp³-hybridized carbons (Fsp3) is 0.688. The van der Waals surface area contributed by atoms with Crippen LogP contribution in [-0.4, -0.2) is 52.7 Å². The summed E-state index contributed by atoms with van der Waals surface area (Å²) in [7, 11) is 0. The van der Waals surface area contributed by atoms with Crippen LogP contribution in [0.15, 0.2) is 0 Å². The van der Waals surface area contributed by atoms with Gasteiger partial charge in [-0.05, 0) is 26.2 Å². The maximum atomic E-state index is 12.9. The molecule has 3 rings (SSSR count). The van der Waals surface area contributed by atoms with Gasteiger partial charge >= 0.3 is 5.97 Å². The van der Waals surface area contributed by atoms with E-state index in [9.17, 15) is 9.59 Å². The van der Waals surface area contributed by atoms with E-state index < -0.39 is 11.9 Å². The molecule has 2 fully saturated rings. The van der Waals surface area contributed by atoms with Gasteiger partial charge in [0.15, 0.2) is 0 Å². The molecule has 1 aliphatic carbocycles. The molecule has 1 amide bonds. The minimum Gasteiger partial charge on any atom is -0.481 e. The molecule has 2 aliphatic rings. The Morgan fingerprint density at radius 2 is 2.17 bits per heavy atom. The van der Waals surface area contributed by atoms with Crippen LogP contribution in [0, 0.1) is 12.8 Å². The number of rotatable bonds is 6. The van der Waals surface area contributed by atoms with Gasteiger partial charge in [0, 0.05) is 25.1 Å². The summed E-state index contributed by atoms with van der Waals surface area (Å²) in [6.45, 7) is 5.18. The van der Waals surface area contributed by atoms with Crippen LogP contribution in [0.5, 0.6) is 0 Å². The zero-order chi connectivity index (χ0) is 16.6. The van der Waals surface area contributed by atoms with E-state index >= 15 is 0 Å². The molecule has 126 valence electrons. The molecular weight excluding hydrogens is 316 g/mol. The van der Waals surface area contributed by atoms with Crippen molar-refractivity contribution in [2.24, 2.45) is 5.92 Å². The van der Waals surface area contributed by atoms with Crippen molar-refractivity contribution in [1.29, 1.82) is 0 Å². The Hall–Kier alpha value is -1.47. The van der Waals surface area contributed by atoms with E-state index in [-0.39, 0.29) is 24.4 Å². The van der Waals surface area contributed by atoms with E-state index in [1.165, 1.54) is 11.3 Å². The fourth-order valence-corrected chi connectivity index (χ4v) is 3.95. The SMILES string of the molecule is Cc1nc(C2CCOC2)sc1C(=O)N(CC(C)C(=O)O)C1CC1. The minimum atomic E-state index is -0.867. The summed E-state index contributed by atoms with van der Waals surface area (Å²) in [5.41, 5.74) is 0.746. The number of amides is 1. The highest BCUT2D eigenvalue weighted by Gasteiger charge is 2.36. The Morgan fingerprint density at radius 3 is 2.74 bits per heavy atom. The van der Waals surface area contributed by atoms with Crippen LogP contribution in [0.2, 0.25) is 0 Å². The van der Waals surface area contributed by atoms with Crippen molar-refractivity contribution >= 4 is 23.2 Å². The van der Waals surface area contributed by atoms with Gasteiger partial charge in [-0.2, -0.15) is 0 Å². The second-order valence-corrected chi connectivity index (χ2v) is 7.49. The second kappa shape index (κ2) is 6.57. The third-order valence-electron chi connectivity index (χ3n) is 4.43. The van der Waals surface area contributed by atoms with Crippen LogP contribution in [-0.2, 0) is 9.53 Å². The molecule has 0 aromatic carbocycles. The number of thiazole rings is 1. The molecule has 23 heavy (non-hydrogen) atoms. The lowest BCUT2D eigenvalue weighted by Gasteiger charge is -2.24. The third-order valence-corrected chi connectivity index (χ3v) is 5.73. The normalized spacial score (nSPS) is 22.1. The number of aliphatic carboxylic acids is 1. The van der Waals surface area contributed by atoms with Crippen LogP contribution >= 0.6 is 11.3 Å². The summed E-state index contributed by atoms with van der Waals surface area (Å²) in [5, 5.41) is 10.1. The van der Waals surface area contributed by atoms with Crippen molar-refractivity contribution in [3.05, 3.63) is 15.6 Å². The summed E-state index contributed by atoms with van der Waals surface area (Å²) in [6.07, 6.45) is 2.86. The Bertz CT molecular complexity index is 605. The van der Waals surface area contributed by atoms with Gasteiger partial charge in [0.2, 0.25) is 0 Å². The van der Waals surface area contributed by atoms with Gasteiger partial charge in [-0.3, -0.25) is 9.59 Å². The Balaban J connectivity index is 1.78. The summed E-state index contributed by atoms with van der Waals surface area (Å²) < 4.78 is 5.40. The Morgan fingerprint density at radius 1 is 1.43 bits per heavy atom. The number of carboxylic acids is 1. The first-order valence-electron chi connectivity index (χ1n) is 8.06. The third kappa shape index (κ3) is 3.55. The molecule has 2 heterocycles. The molecule has 0 bridgehead atoms. The van der Waals surface area contributed by atoms with E-state index in [2.05, 4.69) is 4.98 Å². The molecule has 2 atom stereocenters. The molecule has 1 aromatic heterocycles. The van der Waals surface area contributed by atoms with Crippen molar-refractivity contribution in [3.8, 4) is 0 Å². The molecule has 6 nitrogen and oxygen atoms in total. The first-order chi connectivity index (χ1) is 11.0. The molecular formula is C16H22N2O4S. The zero-order valence-electron chi connectivity index (χ0n) is 13.4. The predicted octanol–water partition coefficient (Wildman–Crippen LogP) is 2.28. The molecule has 0 radical (unpaired) electrons. The lowest BCUT2D eigenvalue weighted by atomic mass is 10.1. The maximum absolute atomic E-state index is 12.9. The monoisotopic (exact) mass is 338 g/mol. The molecule has 1 saturated carbocycles. The first-order valence-corrected chi connectivity index (χ1v) is 8.88. The molecule has 2 unspecified atom stereocenters. The average Bonchev–Trinajstić information content (AvgIpc) is 3.05. The highest BCUT2D eigenvalue weighted by atomic mass is 32.1. The summed E-state index contributed by atoms with van der Waals surface area (Å²) >= 11 is 1.44. The van der Waals surface area contributed by atoms with Crippen LogP contribution < -0.4 is 0 Å². The molecule has 1 N–H and O–H groups in total. The quantitative estimate of drug-likeness (QED) is 0.861. The van der Waals surface area contributed by atoms with E-state index in [1.807, 2.05) is 6.92 Å². The van der Waals surface area contributed by atoms with Crippen molar-refractivity contribution in [1.82, 2.24) is 9.88 Å². The molecule has 0 spiro atoms. The average molecular weight is 338 g/mol. The number of nitrogens with zero attached hydrogens (tertiary/aromatic N) is 2. The van der Waals surface area contributed by atoms with Crippen LogP contribution in [0.25, 0.3) is 0 Å². The smallest absolute Gasteiger partial charge is 0.308 e. The molecule has 7 heteroatoms. The topological polar surface area (TPSA) is 79.7 Å². The number of ether oxygens (including phenoxy) is 1. The number of hydrogen-bond donors (Lipinski definition) is 1. The van der Waals surface area contributed by atoms with Gasteiger partial charge in [0.1, 0.15) is 4.88 Å². The lowest BCUT2D eigenvalue weighted by molar-refractivity contribution is -0.141. The highest BCUT2D eigenvalue weighted by Crippen LogP contribution is 2.34. The maximum Gasteiger partial charge on any atom is 0.308 e. The van der Waals surface area contributed by atoms with Gasteiger partial charge in [-0.1, -0.05) is 6.92 Å². The van der Waals surface area contributed by atoms with E-state index in [1.54, 1.807) is 11.8 Å². The second-order valence-electron chi connectivity index (χ2n) is 6.46. The van der Waals surface area contributed by atoms with Crippen LogP contribution in [0.1, 0.15) is 52.5 Å². The minimum absolute atomic E-state index is 0.0687. The number of aryl methyl sites for hydroxylation is 1. The Kier molecular flexibility index (Phi) is 4.68. The summed E-state index contributed by atoms with van der Waals surface area (Å²) in [4.78, 5) is 31.0. The number of carbonyl (C=O) groups excluding carboxylic acids is 1. The highest BCUT2D eigenvalue weighted by molar-refractivity contribution is 7.13. The first kappa shape index (κ1) is 16.4. The molecule has 1 aliphatic heterocycles. The lowest BCUT2D eigenvalue weighted by Crippen LogP contribution is -2.38. The molecule has 1 saturated heterocycles. The standard InChI is InChI=1S/C16H22N2O4S/c1-9(16(20)21)7-18(12-3-4-12)15(19)13-10(2)17-14(23-13)11-5-6-22-8-11/h9,11-12H,3-8H2,1-2H3,(H,20,21). The van der Waals surface area contributed by atoms with Gasteiger partial charge in [-0.25, -0.2) is 4.98 Å². The van der Waals surface area contributed by atoms with E-state index in [4.69, 9.17) is 9.84 Å².